The average Bonchev–Trinajstić information content (AvgIpc) is 3.24. The van der Waals surface area contributed by atoms with Crippen LogP contribution in [0, 0.1) is 0 Å². The molecule has 0 saturated heterocycles. The Morgan fingerprint density at radius 2 is 0.569 bits per heavy atom. The zero-order valence-corrected chi connectivity index (χ0v) is 39.4. The van der Waals surface area contributed by atoms with Gasteiger partial charge in [0.25, 0.3) is 0 Å². The van der Waals surface area contributed by atoms with Gasteiger partial charge in [0.05, 0.1) is 22.8 Å². The summed E-state index contributed by atoms with van der Waals surface area (Å²) in [6, 6.07) is 18.2. The van der Waals surface area contributed by atoms with Gasteiger partial charge in [0.15, 0.2) is 0 Å². The molecular weight excluding hydrogens is 701 g/mol. The average molecular weight is 797 g/mol. The molecule has 0 aromatic heterocycles. The van der Waals surface area contributed by atoms with Crippen molar-refractivity contribution < 1.29 is 0 Å². The van der Waals surface area contributed by atoms with Gasteiger partial charge < -0.3 is 0 Å². The van der Waals surface area contributed by atoms with Crippen LogP contribution in [0.5, 0.6) is 0 Å². The Balaban J connectivity index is 1.79. The van der Waals surface area contributed by atoms with E-state index in [1.54, 1.807) is 0 Å². The van der Waals surface area contributed by atoms with Gasteiger partial charge in [-0.25, -0.2) is 0 Å². The molecule has 2 aromatic rings. The summed E-state index contributed by atoms with van der Waals surface area (Å²) >= 11 is 0. The Labute approximate surface area is 362 Å². The number of nitrogens with zero attached hydrogens (tertiary/aromatic N) is 2. The number of aliphatic imine (C=N–C) groups is 2. The SMILES string of the molecule is CCCCCCCCCCCCCCCCCc1cccc(N=C(CCCC)C(CCCC)=Nc2cccc(CCCCCCCCCCCCCCCCC)c2)c1. The van der Waals surface area contributed by atoms with Crippen LogP contribution < -0.4 is 0 Å². The molecular formula is C56H96N2. The standard InChI is InChI=1S/C56H96N2/c1-5-9-13-15-17-19-21-23-25-27-29-31-33-35-37-41-51-43-39-45-53(49-51)57-55(47-11-7-3)56(48-12-8-4)58-54-46-40-44-52(50-54)42-38-36-34-32-30-28-26-24-22-20-18-16-14-10-6-2/h39-40,43-46,49-50H,5-38,41-42,47-48H2,1-4H3. The monoisotopic (exact) mass is 797 g/mol. The van der Waals surface area contributed by atoms with Crippen LogP contribution in [0.15, 0.2) is 58.5 Å². The summed E-state index contributed by atoms with van der Waals surface area (Å²) < 4.78 is 0. The normalized spacial score (nSPS) is 12.2. The molecule has 0 unspecified atom stereocenters. The lowest BCUT2D eigenvalue weighted by molar-refractivity contribution is 0.532. The number of aryl methyl sites for hydroxylation is 2. The van der Waals surface area contributed by atoms with E-state index in [0.717, 1.165) is 49.9 Å². The molecule has 2 aromatic carbocycles. The molecule has 0 atom stereocenters. The number of hydrogen-bond donors (Lipinski definition) is 0. The van der Waals surface area contributed by atoms with Gasteiger partial charge in [-0.2, -0.15) is 0 Å². The molecule has 2 rings (SSSR count). The Kier molecular flexibility index (Phi) is 34.9. The molecule has 0 N–H and O–H groups in total. The second kappa shape index (κ2) is 38.9. The quantitative estimate of drug-likeness (QED) is 0.0473. The van der Waals surface area contributed by atoms with Crippen LogP contribution in [0.1, 0.15) is 270 Å². The Morgan fingerprint density at radius 3 is 0.845 bits per heavy atom. The summed E-state index contributed by atoms with van der Waals surface area (Å²) in [6.45, 7) is 9.19. The largest absolute Gasteiger partial charge is 0.252 e. The maximum Gasteiger partial charge on any atom is 0.0636 e. The van der Waals surface area contributed by atoms with Crippen LogP contribution in [0.3, 0.4) is 0 Å². The highest BCUT2D eigenvalue weighted by atomic mass is 14.8. The molecule has 0 saturated carbocycles. The lowest BCUT2D eigenvalue weighted by atomic mass is 10.0. The van der Waals surface area contributed by atoms with Gasteiger partial charge in [0.1, 0.15) is 0 Å². The summed E-state index contributed by atoms with van der Waals surface area (Å²) in [6.07, 6.45) is 51.4. The molecule has 0 spiro atoms. The molecule has 2 heteroatoms. The van der Waals surface area contributed by atoms with E-state index >= 15 is 0 Å². The fraction of sp³-hybridized carbons (Fsp3) is 0.750. The minimum absolute atomic E-state index is 1.00. The van der Waals surface area contributed by atoms with Gasteiger partial charge in [-0.3, -0.25) is 9.98 Å². The van der Waals surface area contributed by atoms with Crippen molar-refractivity contribution in [3.63, 3.8) is 0 Å². The third-order valence-electron chi connectivity index (χ3n) is 12.4. The van der Waals surface area contributed by atoms with Crippen molar-refractivity contribution in [1.29, 1.82) is 0 Å². The fourth-order valence-corrected chi connectivity index (χ4v) is 8.49. The number of rotatable bonds is 41. The summed E-state index contributed by atoms with van der Waals surface area (Å²) in [5.74, 6) is 0. The van der Waals surface area contributed by atoms with Crippen molar-refractivity contribution in [3.8, 4) is 0 Å². The molecule has 0 aliphatic carbocycles. The van der Waals surface area contributed by atoms with Crippen LogP contribution in [0.2, 0.25) is 0 Å². The van der Waals surface area contributed by atoms with Crippen molar-refractivity contribution >= 4 is 22.8 Å². The van der Waals surface area contributed by atoms with Gasteiger partial charge in [-0.05, 0) is 86.8 Å². The van der Waals surface area contributed by atoms with Gasteiger partial charge in [0.2, 0.25) is 0 Å². The van der Waals surface area contributed by atoms with Crippen molar-refractivity contribution in [1.82, 2.24) is 0 Å². The molecule has 0 fully saturated rings. The van der Waals surface area contributed by atoms with Gasteiger partial charge in [-0.15, -0.1) is 0 Å². The van der Waals surface area contributed by atoms with Crippen molar-refractivity contribution in [2.75, 3.05) is 0 Å². The van der Waals surface area contributed by atoms with Crippen LogP contribution in [0.4, 0.5) is 11.4 Å². The van der Waals surface area contributed by atoms with E-state index in [4.69, 9.17) is 9.98 Å². The zero-order chi connectivity index (χ0) is 41.4. The summed E-state index contributed by atoms with van der Waals surface area (Å²) in [4.78, 5) is 10.7. The maximum absolute atomic E-state index is 5.36. The van der Waals surface area contributed by atoms with E-state index in [-0.39, 0.29) is 0 Å². The van der Waals surface area contributed by atoms with Gasteiger partial charge >= 0.3 is 0 Å². The van der Waals surface area contributed by atoms with E-state index in [0.29, 0.717) is 0 Å². The fourth-order valence-electron chi connectivity index (χ4n) is 8.49. The molecule has 0 bridgehead atoms. The van der Waals surface area contributed by atoms with E-state index in [1.165, 1.54) is 228 Å². The molecule has 0 aliphatic rings. The van der Waals surface area contributed by atoms with Gasteiger partial charge in [0, 0.05) is 0 Å². The van der Waals surface area contributed by atoms with Crippen molar-refractivity contribution in [3.05, 3.63) is 59.7 Å². The summed E-state index contributed by atoms with van der Waals surface area (Å²) in [5.41, 5.74) is 7.49. The van der Waals surface area contributed by atoms with E-state index in [2.05, 4.69) is 76.2 Å². The summed E-state index contributed by atoms with van der Waals surface area (Å²) in [7, 11) is 0. The van der Waals surface area contributed by atoms with Gasteiger partial charge in [-0.1, -0.05) is 245 Å². The Hall–Kier alpha value is -2.22. The van der Waals surface area contributed by atoms with Crippen LogP contribution in [0.25, 0.3) is 0 Å². The number of benzene rings is 2. The molecule has 0 radical (unpaired) electrons. The Bertz CT molecular complexity index is 1160. The highest BCUT2D eigenvalue weighted by Crippen LogP contribution is 2.23. The predicted octanol–water partition coefficient (Wildman–Crippen LogP) is 19.7. The number of hydrogen-bond acceptors (Lipinski definition) is 2. The lowest BCUT2D eigenvalue weighted by Gasteiger charge is -2.12. The highest BCUT2D eigenvalue weighted by Gasteiger charge is 2.11. The topological polar surface area (TPSA) is 24.7 Å². The zero-order valence-electron chi connectivity index (χ0n) is 39.4. The molecule has 0 aliphatic heterocycles. The number of unbranched alkanes of at least 4 members (excludes halogenated alkanes) is 30. The Morgan fingerprint density at radius 1 is 0.310 bits per heavy atom. The first-order valence-electron chi connectivity index (χ1n) is 26.0. The van der Waals surface area contributed by atoms with Crippen LogP contribution in [-0.4, -0.2) is 11.4 Å². The van der Waals surface area contributed by atoms with Crippen LogP contribution >= 0.6 is 0 Å². The van der Waals surface area contributed by atoms with E-state index < -0.39 is 0 Å². The third-order valence-corrected chi connectivity index (χ3v) is 12.4. The molecule has 58 heavy (non-hydrogen) atoms. The molecule has 2 nitrogen and oxygen atoms in total. The molecule has 330 valence electrons. The first-order chi connectivity index (χ1) is 28.7. The first-order valence-corrected chi connectivity index (χ1v) is 26.0. The molecule has 0 amide bonds. The van der Waals surface area contributed by atoms with E-state index in [1.807, 2.05) is 0 Å². The smallest absolute Gasteiger partial charge is 0.0636 e. The second-order valence-electron chi connectivity index (χ2n) is 18.1. The van der Waals surface area contributed by atoms with Crippen molar-refractivity contribution in [2.45, 2.75) is 272 Å². The summed E-state index contributed by atoms with van der Waals surface area (Å²) in [5, 5.41) is 0. The maximum atomic E-state index is 5.36. The second-order valence-corrected chi connectivity index (χ2v) is 18.1. The highest BCUT2D eigenvalue weighted by molar-refractivity contribution is 6.43. The lowest BCUT2D eigenvalue weighted by Crippen LogP contribution is -2.14. The predicted molar refractivity (Wildman–Crippen MR) is 263 cm³/mol. The van der Waals surface area contributed by atoms with E-state index in [9.17, 15) is 0 Å². The van der Waals surface area contributed by atoms with Crippen LogP contribution in [-0.2, 0) is 12.8 Å². The minimum atomic E-state index is 1.00. The minimum Gasteiger partial charge on any atom is -0.252 e. The first kappa shape index (κ1) is 51.9. The van der Waals surface area contributed by atoms with Crippen molar-refractivity contribution in [2.24, 2.45) is 9.98 Å². The molecule has 0 heterocycles. The third kappa shape index (κ3) is 29.1.